The number of amidine groups is 1. The largest absolute Gasteiger partial charge is 0.855 e. The van der Waals surface area contributed by atoms with Gasteiger partial charge in [0.15, 0.2) is 0 Å². The van der Waals surface area contributed by atoms with E-state index in [2.05, 4.69) is 27.5 Å². The molecule has 0 bridgehead atoms. The first-order chi connectivity index (χ1) is 16.4. The lowest BCUT2D eigenvalue weighted by Crippen LogP contribution is -2.56. The van der Waals surface area contributed by atoms with E-state index in [1.807, 2.05) is 37.4 Å². The zero-order valence-electron chi connectivity index (χ0n) is 19.2. The topological polar surface area (TPSA) is 72.3 Å². The van der Waals surface area contributed by atoms with Gasteiger partial charge in [-0.3, -0.25) is 0 Å². The number of piperazine rings is 1. The van der Waals surface area contributed by atoms with E-state index in [9.17, 15) is 5.11 Å². The van der Waals surface area contributed by atoms with Crippen LogP contribution in [0, 0.1) is 0 Å². The number of methoxy groups -OCH3 is 1. The molecule has 0 aliphatic carbocycles. The first-order valence-corrected chi connectivity index (χ1v) is 11.6. The van der Waals surface area contributed by atoms with E-state index in [0.717, 1.165) is 41.6 Å². The van der Waals surface area contributed by atoms with Crippen molar-refractivity contribution < 1.29 is 14.4 Å². The number of likely N-dealkylation sites (N-methyl/N-ethyl adjacent to an activating group) is 1. The Morgan fingerprint density at radius 2 is 1.79 bits per heavy atom. The van der Waals surface area contributed by atoms with Crippen LogP contribution in [0.2, 0.25) is 5.02 Å². The standard InChI is InChI=1S/C26H26ClN5O2/c1-32(30-26(33)18-7-10-20(34-2)11-8-18)15-13-31(14-16-32)25-21-5-3-4-6-22(21)28-23-12-9-19(27)17-24(23)29-25/h3-12,17H,13-16H2,1-2H3,(H-,28,29,30,33). The second-order valence-corrected chi connectivity index (χ2v) is 9.11. The highest BCUT2D eigenvalue weighted by molar-refractivity contribution is 6.31. The van der Waals surface area contributed by atoms with E-state index in [1.165, 1.54) is 0 Å². The van der Waals surface area contributed by atoms with Crippen LogP contribution in [0.4, 0.5) is 17.1 Å². The molecule has 1 N–H and O–H groups in total. The number of nitrogens with one attached hydrogen (secondary N) is 1. The molecule has 0 spiro atoms. The van der Waals surface area contributed by atoms with Crippen LogP contribution in [0.3, 0.4) is 0 Å². The van der Waals surface area contributed by atoms with Crippen LogP contribution in [0.15, 0.2) is 76.8 Å². The number of anilines is 2. The summed E-state index contributed by atoms with van der Waals surface area (Å²) in [7, 11) is 3.60. The number of hydrogen-bond donors (Lipinski definition) is 1. The summed E-state index contributed by atoms with van der Waals surface area (Å²) in [5, 5.41) is 21.5. The Hall–Kier alpha value is -3.55. The highest BCUT2D eigenvalue weighted by atomic mass is 35.5. The Bertz CT molecular complexity index is 1260. The van der Waals surface area contributed by atoms with Gasteiger partial charge in [0.05, 0.1) is 44.5 Å². The van der Waals surface area contributed by atoms with Crippen molar-refractivity contribution in [3.63, 3.8) is 0 Å². The van der Waals surface area contributed by atoms with Crippen molar-refractivity contribution in [2.75, 3.05) is 45.7 Å². The van der Waals surface area contributed by atoms with E-state index in [0.29, 0.717) is 34.0 Å². The molecule has 34 heavy (non-hydrogen) atoms. The van der Waals surface area contributed by atoms with E-state index in [-0.39, 0.29) is 5.90 Å². The van der Waals surface area contributed by atoms with E-state index in [4.69, 9.17) is 21.3 Å². The number of quaternary nitrogens is 1. The smallest absolute Gasteiger partial charge is 0.139 e. The van der Waals surface area contributed by atoms with Crippen LogP contribution in [-0.2, 0) is 0 Å². The van der Waals surface area contributed by atoms with E-state index in [1.54, 1.807) is 31.4 Å². The van der Waals surface area contributed by atoms with Gasteiger partial charge in [0.1, 0.15) is 24.7 Å². The Morgan fingerprint density at radius 3 is 2.53 bits per heavy atom. The summed E-state index contributed by atoms with van der Waals surface area (Å²) in [6.45, 7) is 2.83. The molecule has 0 unspecified atom stereocenters. The Labute approximate surface area is 204 Å². The van der Waals surface area contributed by atoms with Gasteiger partial charge in [-0.2, -0.15) is 4.59 Å². The predicted octanol–water partition coefficient (Wildman–Crippen LogP) is 3.97. The lowest BCUT2D eigenvalue weighted by atomic mass is 10.1. The van der Waals surface area contributed by atoms with Gasteiger partial charge in [-0.15, -0.1) is 0 Å². The van der Waals surface area contributed by atoms with Crippen LogP contribution in [0.5, 0.6) is 5.75 Å². The summed E-state index contributed by atoms with van der Waals surface area (Å²) in [5.41, 5.74) is 4.33. The van der Waals surface area contributed by atoms with Gasteiger partial charge in [0.2, 0.25) is 0 Å². The van der Waals surface area contributed by atoms with Crippen molar-refractivity contribution in [1.82, 2.24) is 4.90 Å². The molecular formula is C26H26ClN5O2. The number of rotatable bonds is 3. The maximum Gasteiger partial charge on any atom is 0.139 e. The number of fused-ring (bicyclic) bond motifs is 2. The molecule has 7 nitrogen and oxygen atoms in total. The van der Waals surface area contributed by atoms with Gasteiger partial charge < -0.3 is 20.1 Å². The summed E-state index contributed by atoms with van der Waals surface area (Å²) in [5.74, 6) is 1.40. The number of ether oxygens (including phenoxy) is 1. The third kappa shape index (κ3) is 4.44. The molecule has 0 amide bonds. The second-order valence-electron chi connectivity index (χ2n) is 8.67. The lowest BCUT2D eigenvalue weighted by Gasteiger charge is -2.39. The average Bonchev–Trinajstić information content (AvgIpc) is 3.01. The predicted molar refractivity (Wildman–Crippen MR) is 134 cm³/mol. The summed E-state index contributed by atoms with van der Waals surface area (Å²) in [4.78, 5) is 7.28. The maximum atomic E-state index is 12.8. The van der Waals surface area contributed by atoms with Gasteiger partial charge in [-0.05, 0) is 48.0 Å². The summed E-state index contributed by atoms with van der Waals surface area (Å²) in [6.07, 6.45) is 0. The van der Waals surface area contributed by atoms with Crippen molar-refractivity contribution in [3.8, 4) is 5.75 Å². The third-order valence-electron chi connectivity index (χ3n) is 6.30. The van der Waals surface area contributed by atoms with Crippen LogP contribution in [0.1, 0.15) is 11.1 Å². The molecule has 174 valence electrons. The van der Waals surface area contributed by atoms with Gasteiger partial charge in [-0.25, -0.2) is 4.99 Å². The SMILES string of the molecule is COc1ccc(/C([O-])=N/[N+]2(C)CCN(C3=Nc4cc(Cl)ccc4Nc4ccccc43)CC2)cc1. The van der Waals surface area contributed by atoms with E-state index >= 15 is 0 Å². The Balaban J connectivity index is 1.40. The molecule has 0 aromatic heterocycles. The molecule has 0 radical (unpaired) electrons. The highest BCUT2D eigenvalue weighted by Crippen LogP contribution is 2.36. The minimum atomic E-state index is -0.219. The lowest BCUT2D eigenvalue weighted by molar-refractivity contribution is -0.920. The zero-order chi connectivity index (χ0) is 23.7. The van der Waals surface area contributed by atoms with Crippen LogP contribution >= 0.6 is 11.6 Å². The monoisotopic (exact) mass is 475 g/mol. The molecule has 1 saturated heterocycles. The number of benzene rings is 3. The zero-order valence-corrected chi connectivity index (χ0v) is 19.9. The van der Waals surface area contributed by atoms with Crippen LogP contribution in [0.25, 0.3) is 0 Å². The molecule has 3 aromatic rings. The minimum absolute atomic E-state index is 0.219. The normalized spacial score (nSPS) is 17.1. The fourth-order valence-corrected chi connectivity index (χ4v) is 4.44. The number of aliphatic imine (C=N–C) groups is 1. The number of nitrogens with zero attached hydrogens (tertiary/aromatic N) is 4. The molecule has 2 heterocycles. The van der Waals surface area contributed by atoms with Gasteiger partial charge in [-0.1, -0.05) is 41.0 Å². The van der Waals surface area contributed by atoms with Crippen molar-refractivity contribution in [2.24, 2.45) is 10.1 Å². The quantitative estimate of drug-likeness (QED) is 0.353. The van der Waals surface area contributed by atoms with Crippen molar-refractivity contribution >= 4 is 40.4 Å². The van der Waals surface area contributed by atoms with Gasteiger partial charge in [0.25, 0.3) is 0 Å². The molecule has 5 rings (SSSR count). The third-order valence-corrected chi connectivity index (χ3v) is 6.53. The number of hydrogen-bond acceptors (Lipinski definition) is 6. The fraction of sp³-hybridized carbons (Fsp3) is 0.231. The average molecular weight is 476 g/mol. The van der Waals surface area contributed by atoms with Crippen LogP contribution < -0.4 is 15.2 Å². The summed E-state index contributed by atoms with van der Waals surface area (Å²) >= 11 is 6.26. The first-order valence-electron chi connectivity index (χ1n) is 11.2. The fourth-order valence-electron chi connectivity index (χ4n) is 4.27. The minimum Gasteiger partial charge on any atom is -0.855 e. The molecule has 8 heteroatoms. The molecule has 0 atom stereocenters. The summed E-state index contributed by atoms with van der Waals surface area (Å²) < 4.78 is 5.51. The first kappa shape index (κ1) is 22.3. The second kappa shape index (κ2) is 9.00. The Morgan fingerprint density at radius 1 is 1.06 bits per heavy atom. The molecule has 0 saturated carbocycles. The van der Waals surface area contributed by atoms with Crippen molar-refractivity contribution in [2.45, 2.75) is 0 Å². The molecule has 3 aromatic carbocycles. The van der Waals surface area contributed by atoms with Gasteiger partial charge >= 0.3 is 0 Å². The number of halogens is 1. The molecule has 1 fully saturated rings. The Kier molecular flexibility index (Phi) is 5.89. The van der Waals surface area contributed by atoms with Gasteiger partial charge in [0, 0.05) is 16.3 Å². The van der Waals surface area contributed by atoms with Crippen LogP contribution in [-0.4, -0.2) is 61.6 Å². The van der Waals surface area contributed by atoms with Crippen molar-refractivity contribution in [1.29, 1.82) is 0 Å². The molecule has 2 aliphatic heterocycles. The van der Waals surface area contributed by atoms with Crippen molar-refractivity contribution in [3.05, 3.63) is 82.9 Å². The highest BCUT2D eigenvalue weighted by Gasteiger charge is 2.32. The summed E-state index contributed by atoms with van der Waals surface area (Å²) in [6, 6.07) is 20.9. The molecule has 2 aliphatic rings. The molecular weight excluding hydrogens is 450 g/mol. The number of para-hydroxylation sites is 1. The maximum absolute atomic E-state index is 12.8. The van der Waals surface area contributed by atoms with E-state index < -0.39 is 0 Å².